The van der Waals surface area contributed by atoms with Crippen LogP contribution in [0.15, 0.2) is 15.5 Å². The van der Waals surface area contributed by atoms with Crippen molar-refractivity contribution in [1.82, 2.24) is 9.55 Å². The lowest BCUT2D eigenvalue weighted by Gasteiger charge is -2.15. The molecule has 1 heterocycles. The molecule has 6 heteroatoms. The highest BCUT2D eigenvalue weighted by Crippen LogP contribution is 2.05. The van der Waals surface area contributed by atoms with E-state index in [-0.39, 0.29) is 11.6 Å². The van der Waals surface area contributed by atoms with E-state index in [1.807, 2.05) is 6.92 Å². The van der Waals surface area contributed by atoms with Gasteiger partial charge < -0.3 is 10.1 Å². The lowest BCUT2D eigenvalue weighted by molar-refractivity contribution is 0.190. The van der Waals surface area contributed by atoms with E-state index in [4.69, 9.17) is 4.74 Å². The molecule has 0 amide bonds. The lowest BCUT2D eigenvalue weighted by Crippen LogP contribution is -2.28. The van der Waals surface area contributed by atoms with E-state index in [1.54, 1.807) is 14.2 Å². The zero-order valence-electron chi connectivity index (χ0n) is 8.95. The fraction of sp³-hybridized carbons (Fsp3) is 0.556. The van der Waals surface area contributed by atoms with Crippen LogP contribution in [0, 0.1) is 0 Å². The minimum atomic E-state index is -0.114. The van der Waals surface area contributed by atoms with E-state index >= 15 is 0 Å². The second kappa shape index (κ2) is 5.27. The molecule has 0 fully saturated rings. The smallest absolute Gasteiger partial charge is 0.268 e. The first-order valence-corrected chi connectivity index (χ1v) is 5.32. The molecule has 15 heavy (non-hydrogen) atoms. The van der Waals surface area contributed by atoms with Crippen molar-refractivity contribution in [2.45, 2.75) is 13.0 Å². The first kappa shape index (κ1) is 12.2. The topological polar surface area (TPSA) is 56.1 Å². The van der Waals surface area contributed by atoms with Crippen LogP contribution in [-0.4, -0.2) is 29.3 Å². The summed E-state index contributed by atoms with van der Waals surface area (Å²) in [5.74, 6) is 0.535. The summed E-state index contributed by atoms with van der Waals surface area (Å²) in [7, 11) is 3.30. The molecule has 0 bridgehead atoms. The number of hydrogen-bond donors (Lipinski definition) is 1. The van der Waals surface area contributed by atoms with Crippen LogP contribution in [-0.2, 0) is 11.8 Å². The number of halogens is 1. The number of nitrogens with zero attached hydrogens (tertiary/aromatic N) is 2. The van der Waals surface area contributed by atoms with Gasteiger partial charge in [-0.25, -0.2) is 4.98 Å². The highest BCUT2D eigenvalue weighted by Gasteiger charge is 2.07. The SMILES string of the molecule is COC[C@@H](C)Nc1ncc(Br)c(=O)n1C. The van der Waals surface area contributed by atoms with Gasteiger partial charge in [0.15, 0.2) is 0 Å². The molecule has 0 aliphatic rings. The third-order valence-electron chi connectivity index (χ3n) is 1.92. The third kappa shape index (κ3) is 3.04. The summed E-state index contributed by atoms with van der Waals surface area (Å²) < 4.78 is 6.89. The molecule has 1 aromatic rings. The lowest BCUT2D eigenvalue weighted by atomic mass is 10.4. The van der Waals surface area contributed by atoms with Crippen molar-refractivity contribution in [3.63, 3.8) is 0 Å². The Morgan fingerprint density at radius 1 is 1.73 bits per heavy atom. The number of anilines is 1. The van der Waals surface area contributed by atoms with Gasteiger partial charge in [0.25, 0.3) is 5.56 Å². The van der Waals surface area contributed by atoms with Gasteiger partial charge in [0.1, 0.15) is 4.47 Å². The van der Waals surface area contributed by atoms with E-state index in [9.17, 15) is 4.79 Å². The van der Waals surface area contributed by atoms with E-state index < -0.39 is 0 Å². The van der Waals surface area contributed by atoms with Gasteiger partial charge in [-0.15, -0.1) is 0 Å². The standard InChI is InChI=1S/C9H14BrN3O2/c1-6(5-15-3)12-9-11-4-7(10)8(14)13(9)2/h4,6H,5H2,1-3H3,(H,11,12)/t6-/m1/s1. The molecule has 1 rings (SSSR count). The van der Waals surface area contributed by atoms with Gasteiger partial charge in [-0.05, 0) is 22.9 Å². The second-order valence-corrected chi connectivity index (χ2v) is 4.15. The van der Waals surface area contributed by atoms with Crippen LogP contribution in [0.4, 0.5) is 5.95 Å². The predicted octanol–water partition coefficient (Wildman–Crippen LogP) is 0.990. The number of methoxy groups -OCH3 is 1. The first-order valence-electron chi connectivity index (χ1n) is 4.53. The Balaban J connectivity index is 2.87. The highest BCUT2D eigenvalue weighted by atomic mass is 79.9. The van der Waals surface area contributed by atoms with Crippen LogP contribution in [0.5, 0.6) is 0 Å². The number of hydrogen-bond acceptors (Lipinski definition) is 4. The molecule has 0 radical (unpaired) electrons. The average molecular weight is 276 g/mol. The molecule has 0 saturated heterocycles. The molecule has 0 unspecified atom stereocenters. The third-order valence-corrected chi connectivity index (χ3v) is 2.46. The average Bonchev–Trinajstić information content (AvgIpc) is 2.20. The van der Waals surface area contributed by atoms with Gasteiger partial charge in [0.2, 0.25) is 5.95 Å². The maximum atomic E-state index is 11.5. The highest BCUT2D eigenvalue weighted by molar-refractivity contribution is 9.10. The van der Waals surface area contributed by atoms with Crippen LogP contribution in [0.1, 0.15) is 6.92 Å². The Kier molecular flexibility index (Phi) is 4.28. The normalized spacial score (nSPS) is 12.5. The largest absolute Gasteiger partial charge is 0.383 e. The molecule has 0 aromatic carbocycles. The quantitative estimate of drug-likeness (QED) is 0.891. The first-order chi connectivity index (χ1) is 7.06. The maximum Gasteiger partial charge on any atom is 0.268 e. The van der Waals surface area contributed by atoms with E-state index in [2.05, 4.69) is 26.2 Å². The van der Waals surface area contributed by atoms with Crippen LogP contribution in [0.25, 0.3) is 0 Å². The second-order valence-electron chi connectivity index (χ2n) is 3.29. The Hall–Kier alpha value is -0.880. The summed E-state index contributed by atoms with van der Waals surface area (Å²) >= 11 is 3.13. The summed E-state index contributed by atoms with van der Waals surface area (Å²) in [5, 5.41) is 3.09. The van der Waals surface area contributed by atoms with E-state index in [1.165, 1.54) is 10.8 Å². The van der Waals surface area contributed by atoms with Gasteiger partial charge in [-0.2, -0.15) is 0 Å². The molecule has 0 aliphatic carbocycles. The predicted molar refractivity (Wildman–Crippen MR) is 62.1 cm³/mol. The minimum Gasteiger partial charge on any atom is -0.383 e. The molecular formula is C9H14BrN3O2. The molecule has 0 spiro atoms. The van der Waals surface area contributed by atoms with Gasteiger partial charge in [-0.1, -0.05) is 0 Å². The van der Waals surface area contributed by atoms with Crippen LogP contribution >= 0.6 is 15.9 Å². The van der Waals surface area contributed by atoms with Gasteiger partial charge in [0, 0.05) is 20.2 Å². The number of ether oxygens (including phenoxy) is 1. The molecule has 1 N–H and O–H groups in total. The molecule has 5 nitrogen and oxygen atoms in total. The molecule has 0 aliphatic heterocycles. The van der Waals surface area contributed by atoms with Gasteiger partial charge in [-0.3, -0.25) is 9.36 Å². The summed E-state index contributed by atoms with van der Waals surface area (Å²) in [6, 6.07) is 0.106. The number of nitrogens with one attached hydrogen (secondary N) is 1. The Bertz CT molecular complexity index is 391. The minimum absolute atomic E-state index is 0.106. The molecule has 1 atom stereocenters. The zero-order chi connectivity index (χ0) is 11.4. The Labute approximate surface area is 96.6 Å². The van der Waals surface area contributed by atoms with E-state index in [0.29, 0.717) is 17.0 Å². The van der Waals surface area contributed by atoms with Crippen LogP contribution in [0.3, 0.4) is 0 Å². The van der Waals surface area contributed by atoms with Crippen molar-refractivity contribution in [3.05, 3.63) is 21.0 Å². The van der Waals surface area contributed by atoms with Crippen molar-refractivity contribution in [3.8, 4) is 0 Å². The van der Waals surface area contributed by atoms with Gasteiger partial charge >= 0.3 is 0 Å². The fourth-order valence-corrected chi connectivity index (χ4v) is 1.53. The van der Waals surface area contributed by atoms with Crippen molar-refractivity contribution >= 4 is 21.9 Å². The summed E-state index contributed by atoms with van der Waals surface area (Å²) in [6.45, 7) is 2.52. The molecule has 84 valence electrons. The van der Waals surface area contributed by atoms with Crippen LogP contribution < -0.4 is 10.9 Å². The number of rotatable bonds is 4. The van der Waals surface area contributed by atoms with Crippen molar-refractivity contribution in [2.24, 2.45) is 7.05 Å². The molecular weight excluding hydrogens is 262 g/mol. The van der Waals surface area contributed by atoms with Gasteiger partial charge in [0.05, 0.1) is 12.8 Å². The Morgan fingerprint density at radius 2 is 2.40 bits per heavy atom. The number of aromatic nitrogens is 2. The molecule has 1 aromatic heterocycles. The Morgan fingerprint density at radius 3 is 3.00 bits per heavy atom. The monoisotopic (exact) mass is 275 g/mol. The maximum absolute atomic E-state index is 11.5. The summed E-state index contributed by atoms with van der Waals surface area (Å²) in [4.78, 5) is 15.6. The molecule has 0 saturated carbocycles. The zero-order valence-corrected chi connectivity index (χ0v) is 10.5. The van der Waals surface area contributed by atoms with Crippen molar-refractivity contribution in [1.29, 1.82) is 0 Å². The van der Waals surface area contributed by atoms with Crippen molar-refractivity contribution in [2.75, 3.05) is 19.0 Å². The fourth-order valence-electron chi connectivity index (χ4n) is 1.16. The van der Waals surface area contributed by atoms with E-state index in [0.717, 1.165) is 0 Å². The van der Waals surface area contributed by atoms with Crippen LogP contribution in [0.2, 0.25) is 0 Å². The summed E-state index contributed by atoms with van der Waals surface area (Å²) in [6.07, 6.45) is 1.49. The summed E-state index contributed by atoms with van der Waals surface area (Å²) in [5.41, 5.74) is -0.114. The van der Waals surface area contributed by atoms with Crippen molar-refractivity contribution < 1.29 is 4.74 Å².